The third-order valence-corrected chi connectivity index (χ3v) is 3.94. The van der Waals surface area contributed by atoms with Crippen molar-refractivity contribution < 1.29 is 9.59 Å². The molecular formula is C20H23NO2. The van der Waals surface area contributed by atoms with Gasteiger partial charge < -0.3 is 5.32 Å². The van der Waals surface area contributed by atoms with Crippen molar-refractivity contribution in [3.63, 3.8) is 0 Å². The minimum absolute atomic E-state index is 0.00941. The average Bonchev–Trinajstić information content (AvgIpc) is 2.60. The van der Waals surface area contributed by atoms with Gasteiger partial charge in [0, 0.05) is 18.4 Å². The summed E-state index contributed by atoms with van der Waals surface area (Å²) in [7, 11) is 0. The zero-order valence-electron chi connectivity index (χ0n) is 13.7. The number of carbonyl (C=O) groups is 2. The number of amides is 1. The van der Waals surface area contributed by atoms with E-state index in [2.05, 4.69) is 12.2 Å². The van der Waals surface area contributed by atoms with Gasteiger partial charge in [-0.25, -0.2) is 0 Å². The van der Waals surface area contributed by atoms with E-state index in [0.29, 0.717) is 5.56 Å². The monoisotopic (exact) mass is 309 g/mol. The van der Waals surface area contributed by atoms with Crippen molar-refractivity contribution in [1.29, 1.82) is 0 Å². The summed E-state index contributed by atoms with van der Waals surface area (Å²) in [6.45, 7) is 4.02. The van der Waals surface area contributed by atoms with Gasteiger partial charge in [-0.3, -0.25) is 9.59 Å². The molecule has 3 heteroatoms. The molecule has 0 fully saturated rings. The van der Waals surface area contributed by atoms with Crippen LogP contribution in [-0.2, 0) is 11.2 Å². The number of hydrogen-bond acceptors (Lipinski definition) is 2. The van der Waals surface area contributed by atoms with Gasteiger partial charge in [0.1, 0.15) is 0 Å². The van der Waals surface area contributed by atoms with E-state index < -0.39 is 0 Å². The number of Topliss-reactive ketones (excluding diaryl/α,β-unsaturated/α-hetero) is 1. The zero-order chi connectivity index (χ0) is 16.7. The largest absolute Gasteiger partial charge is 0.350 e. The second kappa shape index (κ2) is 8.28. The fourth-order valence-electron chi connectivity index (χ4n) is 2.44. The third kappa shape index (κ3) is 5.06. The Labute approximate surface area is 137 Å². The second-order valence-electron chi connectivity index (χ2n) is 5.67. The van der Waals surface area contributed by atoms with Gasteiger partial charge in [0.05, 0.1) is 6.04 Å². The summed E-state index contributed by atoms with van der Waals surface area (Å²) in [5.41, 5.74) is 2.93. The van der Waals surface area contributed by atoms with Crippen LogP contribution < -0.4 is 5.32 Å². The molecule has 23 heavy (non-hydrogen) atoms. The molecule has 1 N–H and O–H groups in total. The van der Waals surface area contributed by atoms with Gasteiger partial charge in [0.25, 0.3) is 0 Å². The predicted octanol–water partition coefficient (Wildman–Crippen LogP) is 4.09. The molecule has 0 heterocycles. The molecule has 0 aliphatic rings. The lowest BCUT2D eigenvalue weighted by atomic mass is 10.0. The molecule has 0 radical (unpaired) electrons. The van der Waals surface area contributed by atoms with Crippen LogP contribution in [0.4, 0.5) is 0 Å². The van der Waals surface area contributed by atoms with E-state index in [-0.39, 0.29) is 30.6 Å². The van der Waals surface area contributed by atoms with Crippen molar-refractivity contribution in [2.24, 2.45) is 0 Å². The molecule has 0 bridgehead atoms. The van der Waals surface area contributed by atoms with E-state index in [4.69, 9.17) is 0 Å². The highest BCUT2D eigenvalue weighted by Gasteiger charge is 2.12. The van der Waals surface area contributed by atoms with Gasteiger partial charge in [-0.05, 0) is 24.5 Å². The van der Waals surface area contributed by atoms with Crippen LogP contribution in [0.3, 0.4) is 0 Å². The van der Waals surface area contributed by atoms with Crippen molar-refractivity contribution in [3.05, 3.63) is 71.3 Å². The molecule has 1 atom stereocenters. The molecule has 0 spiro atoms. The van der Waals surface area contributed by atoms with Gasteiger partial charge >= 0.3 is 0 Å². The quantitative estimate of drug-likeness (QED) is 0.783. The molecule has 0 aliphatic carbocycles. The first kappa shape index (κ1) is 16.9. The van der Waals surface area contributed by atoms with Gasteiger partial charge in [0.2, 0.25) is 5.91 Å². The van der Waals surface area contributed by atoms with Crippen molar-refractivity contribution in [1.82, 2.24) is 5.32 Å². The summed E-state index contributed by atoms with van der Waals surface area (Å²) in [4.78, 5) is 24.1. The SMILES string of the molecule is CCc1ccc(C(=O)CCC(=O)NC(C)c2ccccc2)cc1. The minimum Gasteiger partial charge on any atom is -0.350 e. The van der Waals surface area contributed by atoms with E-state index in [0.717, 1.165) is 12.0 Å². The van der Waals surface area contributed by atoms with Gasteiger partial charge in [0.15, 0.2) is 5.78 Å². The van der Waals surface area contributed by atoms with Crippen molar-refractivity contribution in [3.8, 4) is 0 Å². The first-order valence-electron chi connectivity index (χ1n) is 8.06. The zero-order valence-corrected chi connectivity index (χ0v) is 13.7. The summed E-state index contributed by atoms with van der Waals surface area (Å²) in [6, 6.07) is 17.3. The van der Waals surface area contributed by atoms with Crippen LogP contribution in [0.15, 0.2) is 54.6 Å². The molecule has 2 aromatic carbocycles. The molecular weight excluding hydrogens is 286 g/mol. The topological polar surface area (TPSA) is 46.2 Å². The van der Waals surface area contributed by atoms with Crippen molar-refractivity contribution in [2.45, 2.75) is 39.2 Å². The molecule has 2 rings (SSSR count). The first-order valence-corrected chi connectivity index (χ1v) is 8.06. The number of nitrogens with one attached hydrogen (secondary N) is 1. The Kier molecular flexibility index (Phi) is 6.10. The maximum Gasteiger partial charge on any atom is 0.220 e. The summed E-state index contributed by atoms with van der Waals surface area (Å²) in [5.74, 6) is -0.0879. The highest BCUT2D eigenvalue weighted by atomic mass is 16.2. The molecule has 3 nitrogen and oxygen atoms in total. The molecule has 2 aromatic rings. The Morgan fingerprint density at radius 2 is 1.61 bits per heavy atom. The molecule has 0 saturated heterocycles. The fourth-order valence-corrected chi connectivity index (χ4v) is 2.44. The molecule has 1 amide bonds. The normalized spacial score (nSPS) is 11.7. The predicted molar refractivity (Wildman–Crippen MR) is 92.4 cm³/mol. The average molecular weight is 309 g/mol. The summed E-state index contributed by atoms with van der Waals surface area (Å²) < 4.78 is 0. The van der Waals surface area contributed by atoms with Crippen molar-refractivity contribution in [2.75, 3.05) is 0 Å². The maximum atomic E-state index is 12.1. The Hall–Kier alpha value is -2.42. The second-order valence-corrected chi connectivity index (χ2v) is 5.67. The molecule has 0 saturated carbocycles. The van der Waals surface area contributed by atoms with Crippen LogP contribution in [0.5, 0.6) is 0 Å². The highest BCUT2D eigenvalue weighted by Crippen LogP contribution is 2.12. The Morgan fingerprint density at radius 3 is 2.22 bits per heavy atom. The fraction of sp³-hybridized carbons (Fsp3) is 0.300. The molecule has 0 aliphatic heterocycles. The van der Waals surface area contributed by atoms with E-state index >= 15 is 0 Å². The first-order chi connectivity index (χ1) is 11.1. The smallest absolute Gasteiger partial charge is 0.220 e. The number of rotatable bonds is 7. The molecule has 0 aromatic heterocycles. The van der Waals surface area contributed by atoms with Gasteiger partial charge in [-0.15, -0.1) is 0 Å². The number of aryl methyl sites for hydroxylation is 1. The number of benzene rings is 2. The highest BCUT2D eigenvalue weighted by molar-refractivity contribution is 5.98. The third-order valence-electron chi connectivity index (χ3n) is 3.94. The lowest BCUT2D eigenvalue weighted by Gasteiger charge is -2.14. The van der Waals surface area contributed by atoms with Crippen LogP contribution in [0.25, 0.3) is 0 Å². The van der Waals surface area contributed by atoms with Crippen LogP contribution in [0, 0.1) is 0 Å². The standard InChI is InChI=1S/C20H23NO2/c1-3-16-9-11-18(12-10-16)19(22)13-14-20(23)21-15(2)17-7-5-4-6-8-17/h4-12,15H,3,13-14H2,1-2H3,(H,21,23). The summed E-state index contributed by atoms with van der Waals surface area (Å²) in [6.07, 6.45) is 1.40. The van der Waals surface area contributed by atoms with E-state index in [1.165, 1.54) is 5.56 Å². The Balaban J connectivity index is 1.82. The van der Waals surface area contributed by atoms with Gasteiger partial charge in [-0.2, -0.15) is 0 Å². The maximum absolute atomic E-state index is 12.1. The number of carbonyl (C=O) groups excluding carboxylic acids is 2. The summed E-state index contributed by atoms with van der Waals surface area (Å²) >= 11 is 0. The van der Waals surface area contributed by atoms with Crippen LogP contribution in [0.2, 0.25) is 0 Å². The summed E-state index contributed by atoms with van der Waals surface area (Å²) in [5, 5.41) is 2.93. The molecule has 1 unspecified atom stereocenters. The van der Waals surface area contributed by atoms with Gasteiger partial charge in [-0.1, -0.05) is 61.5 Å². The number of hydrogen-bond donors (Lipinski definition) is 1. The minimum atomic E-state index is -0.0973. The Bertz CT molecular complexity index is 647. The Morgan fingerprint density at radius 1 is 0.957 bits per heavy atom. The lowest BCUT2D eigenvalue weighted by Crippen LogP contribution is -2.26. The lowest BCUT2D eigenvalue weighted by molar-refractivity contribution is -0.121. The van der Waals surface area contributed by atoms with E-state index in [1.54, 1.807) is 0 Å². The molecule has 120 valence electrons. The van der Waals surface area contributed by atoms with E-state index in [9.17, 15) is 9.59 Å². The van der Waals surface area contributed by atoms with Crippen LogP contribution in [0.1, 0.15) is 54.2 Å². The van der Waals surface area contributed by atoms with Crippen molar-refractivity contribution >= 4 is 11.7 Å². The van der Waals surface area contributed by atoms with Crippen LogP contribution in [-0.4, -0.2) is 11.7 Å². The van der Waals surface area contributed by atoms with Crippen LogP contribution >= 0.6 is 0 Å². The van der Waals surface area contributed by atoms with E-state index in [1.807, 2.05) is 61.5 Å². The number of ketones is 1.